The largest absolute Gasteiger partial charge is 0.414 e. The lowest BCUT2D eigenvalue weighted by atomic mass is 9.89. The lowest BCUT2D eigenvalue weighted by Gasteiger charge is -2.44. The molecule has 44 heavy (non-hydrogen) atoms. The second-order valence-electron chi connectivity index (χ2n) is 14.6. The van der Waals surface area contributed by atoms with Crippen LogP contribution >= 0.6 is 0 Å². The Morgan fingerprint density at radius 1 is 1.07 bits per heavy atom. The van der Waals surface area contributed by atoms with Crippen LogP contribution < -0.4 is 21.9 Å². The van der Waals surface area contributed by atoms with E-state index >= 15 is 0 Å². The van der Waals surface area contributed by atoms with Crippen LogP contribution in [-0.4, -0.2) is 71.2 Å². The van der Waals surface area contributed by atoms with Gasteiger partial charge >= 0.3 is 11.7 Å². The Kier molecular flexibility index (Phi) is 9.87. The molecule has 2 amide bonds. The van der Waals surface area contributed by atoms with Crippen LogP contribution in [0.3, 0.4) is 0 Å². The van der Waals surface area contributed by atoms with Crippen molar-refractivity contribution in [2.45, 2.75) is 116 Å². The Bertz CT molecular complexity index is 1540. The average Bonchev–Trinajstić information content (AvgIpc) is 3.29. The van der Waals surface area contributed by atoms with Crippen molar-refractivity contribution >= 4 is 32.8 Å². The van der Waals surface area contributed by atoms with Gasteiger partial charge in [0, 0.05) is 25.4 Å². The Labute approximate surface area is 262 Å². The van der Waals surface area contributed by atoms with E-state index in [0.717, 1.165) is 9.98 Å². The molecule has 2 aliphatic rings. The predicted molar refractivity (Wildman–Crippen MR) is 173 cm³/mol. The molecule has 0 saturated carbocycles. The SMILES string of the molecule is CCNC(=O)NC1=CS(=O)(=O)OC12C(CO[Si](C)(C)C(C)(C)C)OC(n1cc(C)c(=O)n(C)c1=O)C2O[Si](C)(C)C(C)(C)C. The van der Waals surface area contributed by atoms with Gasteiger partial charge in [0.25, 0.3) is 15.7 Å². The van der Waals surface area contributed by atoms with Gasteiger partial charge in [0.1, 0.15) is 12.2 Å². The fraction of sp³-hybridized carbons (Fsp3) is 0.750. The van der Waals surface area contributed by atoms with Crippen LogP contribution in [0, 0.1) is 6.92 Å². The number of aryl methyl sites for hydroxylation is 1. The molecule has 0 radical (unpaired) electrons. The van der Waals surface area contributed by atoms with Gasteiger partial charge in [-0.05, 0) is 50.1 Å². The monoisotopic (exact) mass is 674 g/mol. The zero-order valence-electron chi connectivity index (χ0n) is 28.3. The molecule has 4 unspecified atom stereocenters. The third-order valence-electron chi connectivity index (χ3n) is 9.37. The molecule has 1 spiro atoms. The molecule has 1 aromatic rings. The quantitative estimate of drug-likeness (QED) is 0.312. The van der Waals surface area contributed by atoms with E-state index in [1.165, 1.54) is 17.8 Å². The normalized spacial score (nSPS) is 25.8. The van der Waals surface area contributed by atoms with Gasteiger partial charge in [-0.2, -0.15) is 8.42 Å². The number of nitrogens with one attached hydrogen (secondary N) is 2. The van der Waals surface area contributed by atoms with Gasteiger partial charge in [0.15, 0.2) is 28.5 Å². The molecule has 1 fully saturated rings. The van der Waals surface area contributed by atoms with Crippen LogP contribution in [0.1, 0.15) is 60.3 Å². The third kappa shape index (κ3) is 6.71. The topological polar surface area (TPSA) is 156 Å². The van der Waals surface area contributed by atoms with Crippen LogP contribution in [0.4, 0.5) is 4.79 Å². The van der Waals surface area contributed by atoms with Crippen molar-refractivity contribution in [2.75, 3.05) is 13.2 Å². The smallest absolute Gasteiger partial charge is 0.332 e. The zero-order valence-corrected chi connectivity index (χ0v) is 31.1. The minimum Gasteiger partial charge on any atom is -0.414 e. The summed E-state index contributed by atoms with van der Waals surface area (Å²) in [5.41, 5.74) is -2.91. The van der Waals surface area contributed by atoms with Crippen LogP contribution in [-0.2, 0) is 34.9 Å². The van der Waals surface area contributed by atoms with E-state index in [9.17, 15) is 22.8 Å². The minimum absolute atomic E-state index is 0.0897. The number of amides is 2. The van der Waals surface area contributed by atoms with E-state index in [-0.39, 0.29) is 34.5 Å². The summed E-state index contributed by atoms with van der Waals surface area (Å²) >= 11 is 0. The van der Waals surface area contributed by atoms with Crippen molar-refractivity contribution in [3.05, 3.63) is 43.7 Å². The van der Waals surface area contributed by atoms with Gasteiger partial charge in [-0.25, -0.2) is 13.8 Å². The standard InChI is InChI=1S/C28H50N4O9SSi2/c1-14-29-24(34)30-19-17-42(36,37)41-28(19)20(16-38-43(10,11)26(3,4)5)39-23(21(28)40-44(12,13)27(6,7)8)32-15-18(2)22(33)31(9)25(32)35/h15,17,20-21,23H,14,16H2,1-13H3,(H2,29,30,34). The molecule has 0 bridgehead atoms. The summed E-state index contributed by atoms with van der Waals surface area (Å²) in [7, 11) is -8.20. The summed E-state index contributed by atoms with van der Waals surface area (Å²) < 4.78 is 54.9. The first kappa shape index (κ1) is 36.4. The third-order valence-corrected chi connectivity index (χ3v) is 19.4. The number of hydrogen-bond acceptors (Lipinski definition) is 9. The van der Waals surface area contributed by atoms with E-state index in [2.05, 4.69) is 31.4 Å². The van der Waals surface area contributed by atoms with E-state index in [1.54, 1.807) is 13.8 Å². The lowest BCUT2D eigenvalue weighted by Crippen LogP contribution is -2.60. The molecule has 2 N–H and O–H groups in total. The van der Waals surface area contributed by atoms with Crippen molar-refractivity contribution in [2.24, 2.45) is 7.05 Å². The fourth-order valence-corrected chi connectivity index (χ4v) is 8.19. The summed E-state index contributed by atoms with van der Waals surface area (Å²) in [6.45, 7) is 23.8. The molecule has 3 heterocycles. The molecule has 3 rings (SSSR count). The zero-order chi connectivity index (χ0) is 33.8. The highest BCUT2D eigenvalue weighted by atomic mass is 32.2. The number of carbonyl (C=O) groups is 1. The molecule has 13 nitrogen and oxygen atoms in total. The number of nitrogens with zero attached hydrogens (tertiary/aromatic N) is 2. The molecule has 0 aromatic carbocycles. The first-order valence-electron chi connectivity index (χ1n) is 14.8. The Morgan fingerprint density at radius 2 is 1.64 bits per heavy atom. The van der Waals surface area contributed by atoms with Crippen molar-refractivity contribution in [3.8, 4) is 0 Å². The Morgan fingerprint density at radius 3 is 2.16 bits per heavy atom. The van der Waals surface area contributed by atoms with Gasteiger partial charge in [0.05, 0.1) is 17.7 Å². The molecular weight excluding hydrogens is 625 g/mol. The average molecular weight is 675 g/mol. The van der Waals surface area contributed by atoms with Crippen LogP contribution in [0.2, 0.25) is 36.3 Å². The first-order valence-corrected chi connectivity index (χ1v) is 22.1. The Balaban J connectivity index is 2.36. The van der Waals surface area contributed by atoms with Gasteiger partial charge in [-0.1, -0.05) is 41.5 Å². The highest BCUT2D eigenvalue weighted by molar-refractivity contribution is 7.90. The molecule has 250 valence electrons. The van der Waals surface area contributed by atoms with E-state index in [1.807, 2.05) is 47.0 Å². The molecule has 16 heteroatoms. The van der Waals surface area contributed by atoms with Gasteiger partial charge in [-0.15, -0.1) is 0 Å². The maximum Gasteiger partial charge on any atom is 0.332 e. The van der Waals surface area contributed by atoms with Crippen molar-refractivity contribution in [1.82, 2.24) is 19.8 Å². The summed E-state index contributed by atoms with van der Waals surface area (Å²) in [6.07, 6.45) is -2.27. The minimum atomic E-state index is -4.36. The summed E-state index contributed by atoms with van der Waals surface area (Å²) in [4.78, 5) is 39.1. The number of hydrogen-bond donors (Lipinski definition) is 2. The molecular formula is C28H50N4O9SSi2. The number of aromatic nitrogens is 2. The molecule has 4 atom stereocenters. The van der Waals surface area contributed by atoms with E-state index < -0.39 is 68.1 Å². The van der Waals surface area contributed by atoms with Crippen LogP contribution in [0.5, 0.6) is 0 Å². The van der Waals surface area contributed by atoms with E-state index in [4.69, 9.17) is 17.8 Å². The summed E-state index contributed by atoms with van der Waals surface area (Å²) in [5, 5.41) is 5.62. The number of carbonyl (C=O) groups excluding carboxylic acids is 1. The Hall–Kier alpha value is -2.09. The molecule has 2 aliphatic heterocycles. The lowest BCUT2D eigenvalue weighted by molar-refractivity contribution is -0.0571. The van der Waals surface area contributed by atoms with Crippen LogP contribution in [0.25, 0.3) is 0 Å². The summed E-state index contributed by atoms with van der Waals surface area (Å²) in [6, 6.07) is -0.646. The van der Waals surface area contributed by atoms with Gasteiger partial charge in [-0.3, -0.25) is 13.9 Å². The highest BCUT2D eigenvalue weighted by Gasteiger charge is 2.68. The van der Waals surface area contributed by atoms with Gasteiger partial charge in [0.2, 0.25) is 0 Å². The van der Waals surface area contributed by atoms with Crippen molar-refractivity contribution in [3.63, 3.8) is 0 Å². The fourth-order valence-electron chi connectivity index (χ4n) is 4.66. The molecule has 0 aliphatic carbocycles. The van der Waals surface area contributed by atoms with Crippen LogP contribution in [0.15, 0.2) is 26.9 Å². The second kappa shape index (κ2) is 11.9. The maximum atomic E-state index is 13.6. The van der Waals surface area contributed by atoms with Crippen molar-refractivity contribution < 1.29 is 31.0 Å². The highest BCUT2D eigenvalue weighted by Crippen LogP contribution is 2.52. The predicted octanol–water partition coefficient (Wildman–Crippen LogP) is 3.42. The van der Waals surface area contributed by atoms with Gasteiger partial charge < -0.3 is 24.2 Å². The maximum absolute atomic E-state index is 13.6. The summed E-state index contributed by atoms with van der Waals surface area (Å²) in [5.74, 6) is 0. The van der Waals surface area contributed by atoms with Crippen molar-refractivity contribution in [1.29, 1.82) is 0 Å². The second-order valence-corrected chi connectivity index (χ2v) is 25.6. The molecule has 1 aromatic heterocycles. The first-order chi connectivity index (χ1) is 19.8. The number of urea groups is 1. The molecule has 1 saturated heterocycles. The van der Waals surface area contributed by atoms with E-state index in [0.29, 0.717) is 0 Å². The number of ether oxygens (including phenoxy) is 1. The number of rotatable bonds is 8.